The van der Waals surface area contributed by atoms with E-state index in [1.807, 2.05) is 0 Å². The Balaban J connectivity index is 2.17. The minimum Gasteiger partial charge on any atom is -0.223 e. The minimum absolute atomic E-state index is 0.249. The van der Waals surface area contributed by atoms with E-state index in [1.165, 1.54) is 0 Å². The van der Waals surface area contributed by atoms with Crippen LogP contribution in [0.4, 0.5) is 17.6 Å². The Hall–Kier alpha value is -2.46. The molecule has 0 saturated carbocycles. The Labute approximate surface area is 153 Å². The summed E-state index contributed by atoms with van der Waals surface area (Å²) in [6.07, 6.45) is 1.59. The van der Waals surface area contributed by atoms with Crippen molar-refractivity contribution in [2.24, 2.45) is 0 Å². The Morgan fingerprint density at radius 2 is 1.04 bits per heavy atom. The summed E-state index contributed by atoms with van der Waals surface area (Å²) in [5, 5.41) is -0.390. The highest BCUT2D eigenvalue weighted by atomic mass is 32.3. The lowest BCUT2D eigenvalue weighted by Gasteiger charge is -2.00. The molecule has 0 aliphatic heterocycles. The topological polar surface area (TPSA) is 68.3 Å². The molecule has 4 nitrogen and oxygen atoms in total. The van der Waals surface area contributed by atoms with Gasteiger partial charge in [-0.05, 0) is 36.4 Å². The van der Waals surface area contributed by atoms with Crippen molar-refractivity contribution in [3.63, 3.8) is 0 Å². The van der Waals surface area contributed by atoms with E-state index in [0.717, 1.165) is 36.4 Å². The van der Waals surface area contributed by atoms with E-state index in [-0.39, 0.29) is 11.1 Å². The van der Waals surface area contributed by atoms with Gasteiger partial charge in [-0.25, -0.2) is 34.4 Å². The fourth-order valence-corrected chi connectivity index (χ4v) is 5.10. The van der Waals surface area contributed by atoms with E-state index >= 15 is 0 Å². The number of halogens is 4. The first-order chi connectivity index (χ1) is 12.5. The lowest BCUT2D eigenvalue weighted by atomic mass is 10.2. The first-order valence-corrected chi connectivity index (χ1v) is 10.6. The monoisotopic (exact) mass is 420 g/mol. The molecule has 0 aliphatic rings. The van der Waals surface area contributed by atoms with E-state index in [9.17, 15) is 34.4 Å². The maximum absolute atomic E-state index is 13.5. The van der Waals surface area contributed by atoms with Gasteiger partial charge < -0.3 is 0 Å². The summed E-state index contributed by atoms with van der Waals surface area (Å²) in [7, 11) is -8.64. The third kappa shape index (κ3) is 6.33. The third-order valence-electron chi connectivity index (χ3n) is 3.16. The minimum atomic E-state index is -4.32. The largest absolute Gasteiger partial charge is 0.223 e. The smallest absolute Gasteiger partial charge is 0.186 e. The lowest BCUT2D eigenvalue weighted by Crippen LogP contribution is -2.11. The van der Waals surface area contributed by atoms with Crippen molar-refractivity contribution >= 4 is 31.8 Å². The van der Waals surface area contributed by atoms with Crippen molar-refractivity contribution in [2.45, 2.75) is 0 Å². The predicted octanol–water partition coefficient (Wildman–Crippen LogP) is 3.67. The van der Waals surface area contributed by atoms with E-state index in [1.54, 1.807) is 0 Å². The molecule has 0 aliphatic carbocycles. The zero-order valence-electron chi connectivity index (χ0n) is 13.4. The zero-order valence-corrected chi connectivity index (χ0v) is 15.1. The molecule has 10 heteroatoms. The summed E-state index contributed by atoms with van der Waals surface area (Å²) >= 11 is 0. The number of sulfone groups is 2. The van der Waals surface area contributed by atoms with Gasteiger partial charge >= 0.3 is 0 Å². The van der Waals surface area contributed by atoms with E-state index in [0.29, 0.717) is 22.9 Å². The van der Waals surface area contributed by atoms with Crippen molar-refractivity contribution in [1.82, 2.24) is 0 Å². The third-order valence-corrected chi connectivity index (χ3v) is 6.89. The summed E-state index contributed by atoms with van der Waals surface area (Å²) in [4.78, 5) is 0. The first kappa shape index (κ1) is 20.8. The van der Waals surface area contributed by atoms with Crippen LogP contribution in [0.25, 0.3) is 12.2 Å². The van der Waals surface area contributed by atoms with Crippen LogP contribution in [-0.2, 0) is 19.7 Å². The highest BCUT2D eigenvalue weighted by Gasteiger charge is 2.18. The van der Waals surface area contributed by atoms with Crippen LogP contribution < -0.4 is 0 Å². The van der Waals surface area contributed by atoms with E-state index in [2.05, 4.69) is 0 Å². The van der Waals surface area contributed by atoms with Gasteiger partial charge in [0.15, 0.2) is 24.8 Å². The van der Waals surface area contributed by atoms with Gasteiger partial charge in [-0.1, -0.05) is 0 Å². The Bertz CT molecular complexity index is 1030. The number of hydrogen-bond acceptors (Lipinski definition) is 4. The van der Waals surface area contributed by atoms with E-state index < -0.39 is 48.0 Å². The van der Waals surface area contributed by atoms with Gasteiger partial charge in [0.1, 0.15) is 23.3 Å². The summed E-state index contributed by atoms with van der Waals surface area (Å²) in [6, 6.07) is 4.88. The van der Waals surface area contributed by atoms with Crippen molar-refractivity contribution in [3.8, 4) is 0 Å². The van der Waals surface area contributed by atoms with Gasteiger partial charge in [0.25, 0.3) is 0 Å². The average Bonchev–Trinajstić information content (AvgIpc) is 2.52. The number of benzene rings is 2. The van der Waals surface area contributed by atoms with Crippen LogP contribution in [0.2, 0.25) is 0 Å². The molecule has 144 valence electrons. The summed E-state index contributed by atoms with van der Waals surface area (Å²) in [6.45, 7) is 0. The molecule has 0 N–H and O–H groups in total. The van der Waals surface area contributed by atoms with Crippen LogP contribution in [0, 0.1) is 23.3 Å². The molecule has 0 saturated heterocycles. The van der Waals surface area contributed by atoms with Crippen LogP contribution in [0.15, 0.2) is 47.2 Å². The summed E-state index contributed by atoms with van der Waals surface area (Å²) in [5.41, 5.74) is -0.498. The zero-order chi connectivity index (χ0) is 20.2. The Morgan fingerprint density at radius 1 is 0.667 bits per heavy atom. The molecule has 0 aromatic heterocycles. The molecular formula is C17H12F4O4S2. The van der Waals surface area contributed by atoms with Gasteiger partial charge in [-0.3, -0.25) is 0 Å². The molecule has 0 heterocycles. The summed E-state index contributed by atoms with van der Waals surface area (Å²) in [5.74, 6) is -3.74. The maximum atomic E-state index is 13.5. The van der Waals surface area contributed by atoms with Gasteiger partial charge in [0.2, 0.25) is 0 Å². The van der Waals surface area contributed by atoms with Crippen LogP contribution in [-0.4, -0.2) is 21.9 Å². The lowest BCUT2D eigenvalue weighted by molar-refractivity contribution is 0.581. The van der Waals surface area contributed by atoms with Crippen LogP contribution in [0.1, 0.15) is 11.1 Å². The SMILES string of the molecule is O=S(=O)(/C=C\c1ccc(F)cc1F)CS(=O)(=O)/C=C/c1ccc(F)cc1F. The Morgan fingerprint density at radius 3 is 1.37 bits per heavy atom. The number of hydrogen-bond donors (Lipinski definition) is 0. The average molecular weight is 420 g/mol. The fourth-order valence-electron chi connectivity index (χ4n) is 1.93. The normalized spacial score (nSPS) is 12.9. The second-order valence-electron chi connectivity index (χ2n) is 5.38. The van der Waals surface area contributed by atoms with Crippen molar-refractivity contribution in [1.29, 1.82) is 0 Å². The van der Waals surface area contributed by atoms with Crippen LogP contribution in [0.5, 0.6) is 0 Å². The maximum Gasteiger partial charge on any atom is 0.186 e. The Kier molecular flexibility index (Phi) is 6.22. The van der Waals surface area contributed by atoms with Gasteiger partial charge in [0.05, 0.1) is 0 Å². The highest BCUT2D eigenvalue weighted by molar-refractivity contribution is 8.10. The molecule has 0 spiro atoms. The van der Waals surface area contributed by atoms with Gasteiger partial charge in [-0.15, -0.1) is 0 Å². The fraction of sp³-hybridized carbons (Fsp3) is 0.0588. The molecule has 0 radical (unpaired) electrons. The van der Waals surface area contributed by atoms with Crippen LogP contribution >= 0.6 is 0 Å². The first-order valence-electron chi connectivity index (χ1n) is 7.19. The molecule has 0 fully saturated rings. The predicted molar refractivity (Wildman–Crippen MR) is 93.5 cm³/mol. The molecule has 0 amide bonds. The van der Waals surface area contributed by atoms with Gasteiger partial charge in [0, 0.05) is 34.1 Å². The molecule has 2 aromatic carbocycles. The molecule has 27 heavy (non-hydrogen) atoms. The summed E-state index contributed by atoms with van der Waals surface area (Å²) < 4.78 is 100. The molecule has 0 atom stereocenters. The quantitative estimate of drug-likeness (QED) is 0.669. The molecular weight excluding hydrogens is 408 g/mol. The van der Waals surface area contributed by atoms with Gasteiger partial charge in [-0.2, -0.15) is 0 Å². The number of rotatable bonds is 6. The second kappa shape index (κ2) is 8.05. The van der Waals surface area contributed by atoms with E-state index in [4.69, 9.17) is 0 Å². The highest BCUT2D eigenvalue weighted by Crippen LogP contribution is 2.15. The molecule has 2 rings (SSSR count). The van der Waals surface area contributed by atoms with Crippen LogP contribution in [0.3, 0.4) is 0 Å². The van der Waals surface area contributed by atoms with Crippen molar-refractivity contribution in [3.05, 3.63) is 81.6 Å². The second-order valence-corrected chi connectivity index (χ2v) is 9.52. The molecule has 2 aromatic rings. The standard InChI is InChI=1S/C17H12F4O4S2/c18-14-3-1-12(16(20)9-14)5-7-26(22,23)11-27(24,25)8-6-13-2-4-15(19)10-17(13)21/h1-10H,11H2/b7-5-,8-6+. The van der Waals surface area contributed by atoms with Crippen molar-refractivity contribution in [2.75, 3.05) is 5.08 Å². The molecule has 0 bridgehead atoms. The van der Waals surface area contributed by atoms with Crippen molar-refractivity contribution < 1.29 is 34.4 Å². The molecule has 0 unspecified atom stereocenters.